The van der Waals surface area contributed by atoms with Crippen LogP contribution in [0.3, 0.4) is 0 Å². The second kappa shape index (κ2) is 7.50. The van der Waals surface area contributed by atoms with E-state index in [2.05, 4.69) is 16.0 Å². The molecule has 0 spiro atoms. The number of benzene rings is 2. The Kier molecular flexibility index (Phi) is 5.65. The second-order valence-electron chi connectivity index (χ2n) is 4.63. The molecule has 8 heteroatoms. The van der Waals surface area contributed by atoms with E-state index >= 15 is 0 Å². The van der Waals surface area contributed by atoms with Crippen LogP contribution in [0.4, 0.5) is 17.1 Å². The Morgan fingerprint density at radius 3 is 1.87 bits per heavy atom. The van der Waals surface area contributed by atoms with Crippen molar-refractivity contribution in [2.24, 2.45) is 0 Å². The highest BCUT2D eigenvalue weighted by Gasteiger charge is 2.08. The van der Waals surface area contributed by atoms with E-state index in [1.165, 1.54) is 19.1 Å². The summed E-state index contributed by atoms with van der Waals surface area (Å²) in [5.41, 5.74) is 1.98. The summed E-state index contributed by atoms with van der Waals surface area (Å²) in [5.74, 6) is -0.310. The van der Waals surface area contributed by atoms with E-state index in [1.54, 1.807) is 24.3 Å². The molecule has 0 saturated heterocycles. The number of nitrogens with one attached hydrogen (secondary N) is 3. The largest absolute Gasteiger partial charge is 0.505 e. The fraction of sp³-hybridized carbons (Fsp3) is 0.0667. The van der Waals surface area contributed by atoms with Gasteiger partial charge in [0.25, 0.3) is 0 Å². The summed E-state index contributed by atoms with van der Waals surface area (Å²) in [6, 6.07) is 10.1. The van der Waals surface area contributed by atoms with E-state index in [-0.39, 0.29) is 21.7 Å². The second-order valence-corrected chi connectivity index (χ2v) is 5.85. The minimum atomic E-state index is -0.175. The molecule has 0 aromatic heterocycles. The molecule has 2 aromatic carbocycles. The number of phenolic OH excluding ortho intramolecular Hbond substituents is 1. The van der Waals surface area contributed by atoms with Crippen LogP contribution in [-0.2, 0) is 4.79 Å². The number of thiocarbonyl (C=S) groups is 1. The molecule has 0 saturated carbocycles. The van der Waals surface area contributed by atoms with Crippen molar-refractivity contribution >= 4 is 63.5 Å². The highest BCUT2D eigenvalue weighted by Crippen LogP contribution is 2.34. The standard InChI is InChI=1S/C15H13Cl2N3O2S/c1-8(21)18-9-2-4-10(5-3-9)19-15(23)20-11-6-12(16)14(22)13(17)7-11/h2-7,22H,1H3,(H,18,21)(H2,19,20,23). The molecule has 2 aromatic rings. The van der Waals surface area contributed by atoms with Gasteiger partial charge in [-0.25, -0.2) is 0 Å². The number of aromatic hydroxyl groups is 1. The number of rotatable bonds is 3. The maximum atomic E-state index is 11.0. The lowest BCUT2D eigenvalue weighted by atomic mass is 10.2. The lowest BCUT2D eigenvalue weighted by Gasteiger charge is -2.12. The van der Waals surface area contributed by atoms with Gasteiger partial charge in [-0.05, 0) is 48.6 Å². The van der Waals surface area contributed by atoms with Gasteiger partial charge in [-0.1, -0.05) is 23.2 Å². The van der Waals surface area contributed by atoms with Crippen LogP contribution in [0, 0.1) is 0 Å². The molecule has 5 nitrogen and oxygen atoms in total. The number of anilines is 3. The molecule has 2 rings (SSSR count). The first-order chi connectivity index (χ1) is 10.8. The van der Waals surface area contributed by atoms with Crippen molar-refractivity contribution in [3.63, 3.8) is 0 Å². The van der Waals surface area contributed by atoms with Gasteiger partial charge in [0.05, 0.1) is 10.0 Å². The number of carbonyl (C=O) groups excluding carboxylic acids is 1. The van der Waals surface area contributed by atoms with E-state index < -0.39 is 0 Å². The molecular weight excluding hydrogens is 357 g/mol. The van der Waals surface area contributed by atoms with E-state index in [1.807, 2.05) is 0 Å². The molecule has 0 fully saturated rings. The van der Waals surface area contributed by atoms with Gasteiger partial charge >= 0.3 is 0 Å². The minimum Gasteiger partial charge on any atom is -0.505 e. The number of hydrogen-bond donors (Lipinski definition) is 4. The van der Waals surface area contributed by atoms with Gasteiger partial charge in [0.1, 0.15) is 0 Å². The van der Waals surface area contributed by atoms with Crippen LogP contribution in [0.2, 0.25) is 10.0 Å². The minimum absolute atomic E-state index is 0.127. The Labute approximate surface area is 148 Å². The lowest BCUT2D eigenvalue weighted by molar-refractivity contribution is -0.114. The predicted molar refractivity (Wildman–Crippen MR) is 98.7 cm³/mol. The molecular formula is C15H13Cl2N3O2S. The zero-order valence-corrected chi connectivity index (χ0v) is 14.3. The van der Waals surface area contributed by atoms with Gasteiger partial charge in [0.15, 0.2) is 10.9 Å². The number of phenols is 1. The van der Waals surface area contributed by atoms with Crippen molar-refractivity contribution in [2.75, 3.05) is 16.0 Å². The van der Waals surface area contributed by atoms with Crippen molar-refractivity contribution in [2.45, 2.75) is 6.92 Å². The third kappa shape index (κ3) is 4.99. The molecule has 1 amide bonds. The lowest BCUT2D eigenvalue weighted by Crippen LogP contribution is -2.19. The van der Waals surface area contributed by atoms with Gasteiger partial charge in [-0.3, -0.25) is 4.79 Å². The summed E-state index contributed by atoms with van der Waals surface area (Å²) in [7, 11) is 0. The van der Waals surface area contributed by atoms with Crippen LogP contribution in [0.5, 0.6) is 5.75 Å². The first kappa shape index (κ1) is 17.3. The first-order valence-corrected chi connectivity index (χ1v) is 7.65. The van der Waals surface area contributed by atoms with Crippen molar-refractivity contribution in [3.05, 3.63) is 46.4 Å². The summed E-state index contributed by atoms with van der Waals surface area (Å²) >= 11 is 16.9. The molecule has 0 aliphatic heterocycles. The zero-order chi connectivity index (χ0) is 17.0. The van der Waals surface area contributed by atoms with E-state index in [9.17, 15) is 9.90 Å². The Hall–Kier alpha value is -2.02. The van der Waals surface area contributed by atoms with Crippen LogP contribution < -0.4 is 16.0 Å². The molecule has 23 heavy (non-hydrogen) atoms. The van der Waals surface area contributed by atoms with Crippen LogP contribution in [-0.4, -0.2) is 16.1 Å². The average molecular weight is 370 g/mol. The molecule has 0 bridgehead atoms. The molecule has 0 heterocycles. The van der Waals surface area contributed by atoms with Gasteiger partial charge in [0, 0.05) is 24.0 Å². The summed E-state index contributed by atoms with van der Waals surface area (Å²) in [4.78, 5) is 11.0. The van der Waals surface area contributed by atoms with Crippen LogP contribution >= 0.6 is 35.4 Å². The Morgan fingerprint density at radius 2 is 1.39 bits per heavy atom. The molecule has 4 N–H and O–H groups in total. The Bertz CT molecular complexity index is 728. The molecule has 120 valence electrons. The van der Waals surface area contributed by atoms with Crippen molar-refractivity contribution in [3.8, 4) is 5.75 Å². The van der Waals surface area contributed by atoms with Crippen molar-refractivity contribution < 1.29 is 9.90 Å². The first-order valence-electron chi connectivity index (χ1n) is 6.49. The summed E-state index contributed by atoms with van der Waals surface area (Å²) in [6.07, 6.45) is 0. The number of amides is 1. The van der Waals surface area contributed by atoms with Gasteiger partial charge in [-0.15, -0.1) is 0 Å². The van der Waals surface area contributed by atoms with Gasteiger partial charge < -0.3 is 21.1 Å². The maximum absolute atomic E-state index is 11.0. The third-order valence-corrected chi connectivity index (χ3v) is 3.52. The summed E-state index contributed by atoms with van der Waals surface area (Å²) in [6.45, 7) is 1.44. The highest BCUT2D eigenvalue weighted by atomic mass is 35.5. The normalized spacial score (nSPS) is 10.0. The summed E-state index contributed by atoms with van der Waals surface area (Å²) in [5, 5.41) is 18.7. The molecule has 0 atom stereocenters. The molecule has 0 aliphatic carbocycles. The van der Waals surface area contributed by atoms with Crippen LogP contribution in [0.25, 0.3) is 0 Å². The fourth-order valence-electron chi connectivity index (χ4n) is 1.77. The van der Waals surface area contributed by atoms with Crippen LogP contribution in [0.15, 0.2) is 36.4 Å². The average Bonchev–Trinajstić information content (AvgIpc) is 2.46. The van der Waals surface area contributed by atoms with E-state index in [0.29, 0.717) is 16.5 Å². The SMILES string of the molecule is CC(=O)Nc1ccc(NC(=S)Nc2cc(Cl)c(O)c(Cl)c2)cc1. The number of hydrogen-bond acceptors (Lipinski definition) is 3. The molecule has 0 radical (unpaired) electrons. The van der Waals surface area contributed by atoms with Crippen molar-refractivity contribution in [1.82, 2.24) is 0 Å². The fourth-order valence-corrected chi connectivity index (χ4v) is 2.49. The maximum Gasteiger partial charge on any atom is 0.221 e. The zero-order valence-electron chi connectivity index (χ0n) is 12.0. The highest BCUT2D eigenvalue weighted by molar-refractivity contribution is 7.80. The van der Waals surface area contributed by atoms with Crippen molar-refractivity contribution in [1.29, 1.82) is 0 Å². The predicted octanol–water partition coefficient (Wildman–Crippen LogP) is 4.47. The Morgan fingerprint density at radius 1 is 0.957 bits per heavy atom. The quantitative estimate of drug-likeness (QED) is 0.474. The molecule has 0 aliphatic rings. The monoisotopic (exact) mass is 369 g/mol. The van der Waals surface area contributed by atoms with E-state index in [0.717, 1.165) is 5.69 Å². The van der Waals surface area contributed by atoms with E-state index in [4.69, 9.17) is 35.4 Å². The number of halogens is 2. The van der Waals surface area contributed by atoms with Gasteiger partial charge in [-0.2, -0.15) is 0 Å². The van der Waals surface area contributed by atoms with Gasteiger partial charge in [0.2, 0.25) is 5.91 Å². The number of carbonyl (C=O) groups is 1. The topological polar surface area (TPSA) is 73.4 Å². The Balaban J connectivity index is 2.01. The molecule has 0 unspecified atom stereocenters. The third-order valence-electron chi connectivity index (χ3n) is 2.74. The summed E-state index contributed by atoms with van der Waals surface area (Å²) < 4.78 is 0. The van der Waals surface area contributed by atoms with Crippen LogP contribution in [0.1, 0.15) is 6.92 Å². The smallest absolute Gasteiger partial charge is 0.221 e.